The summed E-state index contributed by atoms with van der Waals surface area (Å²) in [5.41, 5.74) is 1.27. The Kier molecular flexibility index (Phi) is 7.84. The minimum Gasteiger partial charge on any atom is -0.508 e. The number of hydrogen-bond donors (Lipinski definition) is 2. The van der Waals surface area contributed by atoms with Gasteiger partial charge in [-0.3, -0.25) is 0 Å². The summed E-state index contributed by atoms with van der Waals surface area (Å²) in [5.74, 6) is -0.406. The van der Waals surface area contributed by atoms with E-state index in [0.29, 0.717) is 17.5 Å². The molecular formula is C27H27F3O5. The number of phenols is 2. The van der Waals surface area contributed by atoms with Crippen molar-refractivity contribution in [3.63, 3.8) is 0 Å². The Bertz CT molecular complexity index is 1210. The molecule has 0 atom stereocenters. The molecule has 0 aliphatic heterocycles. The number of aromatic hydroxyl groups is 2. The molecule has 0 radical (unpaired) electrons. The number of hydrogen-bond acceptors (Lipinski definition) is 5. The first-order valence-corrected chi connectivity index (χ1v) is 10.8. The standard InChI is InChI=1S/C27H27F3O5/c1-16(2)6-5-13-35-22-12-9-18(14-21(22)27(28,29)30)24-23(33-3)15-20(26(34-4)25(24)32)17-7-10-19(31)11-8-17/h6-12,14-15,31-32H,5,13H2,1-4H3. The van der Waals surface area contributed by atoms with Crippen LogP contribution >= 0.6 is 0 Å². The van der Waals surface area contributed by atoms with Crippen molar-refractivity contribution in [1.82, 2.24) is 0 Å². The lowest BCUT2D eigenvalue weighted by Gasteiger charge is -2.20. The predicted octanol–water partition coefficient (Wildman–Crippen LogP) is 7.20. The van der Waals surface area contributed by atoms with E-state index in [1.165, 1.54) is 38.5 Å². The molecule has 3 aromatic rings. The van der Waals surface area contributed by atoms with Gasteiger partial charge < -0.3 is 24.4 Å². The summed E-state index contributed by atoms with van der Waals surface area (Å²) in [5, 5.41) is 20.6. The van der Waals surface area contributed by atoms with Gasteiger partial charge in [0.15, 0.2) is 11.5 Å². The van der Waals surface area contributed by atoms with Crippen LogP contribution in [-0.2, 0) is 6.18 Å². The Morgan fingerprint density at radius 1 is 0.886 bits per heavy atom. The van der Waals surface area contributed by atoms with Crippen LogP contribution in [0.3, 0.4) is 0 Å². The van der Waals surface area contributed by atoms with E-state index in [2.05, 4.69) is 0 Å². The van der Waals surface area contributed by atoms with Crippen LogP contribution in [0.1, 0.15) is 25.8 Å². The molecule has 2 N–H and O–H groups in total. The fourth-order valence-electron chi connectivity index (χ4n) is 3.68. The first-order valence-electron chi connectivity index (χ1n) is 10.8. The third kappa shape index (κ3) is 5.82. The van der Waals surface area contributed by atoms with Crippen LogP contribution < -0.4 is 14.2 Å². The Labute approximate surface area is 202 Å². The van der Waals surface area contributed by atoms with Gasteiger partial charge in [-0.05, 0) is 61.7 Å². The minimum atomic E-state index is -4.68. The smallest absolute Gasteiger partial charge is 0.419 e. The molecule has 3 rings (SSSR count). The van der Waals surface area contributed by atoms with Gasteiger partial charge in [-0.2, -0.15) is 13.2 Å². The van der Waals surface area contributed by atoms with Gasteiger partial charge in [-0.1, -0.05) is 29.8 Å². The molecule has 8 heteroatoms. The molecule has 0 aromatic heterocycles. The topological polar surface area (TPSA) is 68.2 Å². The summed E-state index contributed by atoms with van der Waals surface area (Å²) in [6.45, 7) is 3.89. The summed E-state index contributed by atoms with van der Waals surface area (Å²) >= 11 is 0. The fourth-order valence-corrected chi connectivity index (χ4v) is 3.68. The maximum absolute atomic E-state index is 13.9. The second kappa shape index (κ2) is 10.6. The second-order valence-electron chi connectivity index (χ2n) is 8.06. The van der Waals surface area contributed by atoms with Gasteiger partial charge in [-0.25, -0.2) is 0 Å². The highest BCUT2D eigenvalue weighted by Gasteiger charge is 2.35. The van der Waals surface area contributed by atoms with Gasteiger partial charge in [0.1, 0.15) is 17.2 Å². The molecule has 0 bridgehead atoms. The number of halogens is 3. The highest BCUT2D eigenvalue weighted by atomic mass is 19.4. The average molecular weight is 489 g/mol. The molecule has 0 fully saturated rings. The summed E-state index contributed by atoms with van der Waals surface area (Å²) in [6.07, 6.45) is -2.32. The third-order valence-electron chi connectivity index (χ3n) is 5.32. The molecule has 0 aliphatic rings. The van der Waals surface area contributed by atoms with Crippen molar-refractivity contribution < 1.29 is 37.6 Å². The zero-order valence-electron chi connectivity index (χ0n) is 19.9. The van der Waals surface area contributed by atoms with E-state index in [0.717, 1.165) is 11.6 Å². The quantitative estimate of drug-likeness (QED) is 0.259. The maximum Gasteiger partial charge on any atom is 0.419 e. The average Bonchev–Trinajstić information content (AvgIpc) is 2.81. The number of phenolic OH excluding ortho intramolecular Hbond substituents is 2. The van der Waals surface area contributed by atoms with Crippen molar-refractivity contribution in [3.05, 3.63) is 65.7 Å². The molecule has 0 aliphatic carbocycles. The van der Waals surface area contributed by atoms with Gasteiger partial charge >= 0.3 is 6.18 Å². The molecule has 186 valence electrons. The lowest BCUT2D eigenvalue weighted by atomic mass is 9.95. The van der Waals surface area contributed by atoms with Crippen molar-refractivity contribution in [2.45, 2.75) is 26.4 Å². The Balaban J connectivity index is 2.13. The largest absolute Gasteiger partial charge is 0.508 e. The van der Waals surface area contributed by atoms with Crippen molar-refractivity contribution >= 4 is 0 Å². The molecular weight excluding hydrogens is 461 g/mol. The summed E-state index contributed by atoms with van der Waals surface area (Å²) < 4.78 is 58.0. The summed E-state index contributed by atoms with van der Waals surface area (Å²) in [7, 11) is 2.70. The number of ether oxygens (including phenoxy) is 3. The molecule has 0 saturated heterocycles. The van der Waals surface area contributed by atoms with E-state index < -0.39 is 11.7 Å². The van der Waals surface area contributed by atoms with Crippen LogP contribution in [0.2, 0.25) is 0 Å². The molecule has 0 amide bonds. The van der Waals surface area contributed by atoms with Crippen LogP contribution in [0.15, 0.2) is 60.2 Å². The van der Waals surface area contributed by atoms with Crippen molar-refractivity contribution in [2.24, 2.45) is 0 Å². The lowest BCUT2D eigenvalue weighted by molar-refractivity contribution is -0.138. The van der Waals surface area contributed by atoms with Gasteiger partial charge in [0.25, 0.3) is 0 Å². The second-order valence-corrected chi connectivity index (χ2v) is 8.06. The van der Waals surface area contributed by atoms with Gasteiger partial charge in [0.2, 0.25) is 0 Å². The van der Waals surface area contributed by atoms with E-state index in [1.54, 1.807) is 18.2 Å². The van der Waals surface area contributed by atoms with Crippen LogP contribution in [-0.4, -0.2) is 31.0 Å². The van der Waals surface area contributed by atoms with Crippen LogP contribution in [0.4, 0.5) is 13.2 Å². The van der Waals surface area contributed by atoms with Gasteiger partial charge in [-0.15, -0.1) is 0 Å². The van der Waals surface area contributed by atoms with E-state index in [9.17, 15) is 23.4 Å². The van der Waals surface area contributed by atoms with Crippen molar-refractivity contribution in [1.29, 1.82) is 0 Å². The normalized spacial score (nSPS) is 11.2. The van der Waals surface area contributed by atoms with E-state index >= 15 is 0 Å². The zero-order chi connectivity index (χ0) is 25.8. The number of alkyl halides is 3. The predicted molar refractivity (Wildman–Crippen MR) is 128 cm³/mol. The highest BCUT2D eigenvalue weighted by Crippen LogP contribution is 2.50. The molecule has 0 spiro atoms. The Hall–Kier alpha value is -3.81. The maximum atomic E-state index is 13.9. The highest BCUT2D eigenvalue weighted by molar-refractivity contribution is 5.88. The van der Waals surface area contributed by atoms with Crippen molar-refractivity contribution in [3.8, 4) is 51.0 Å². The minimum absolute atomic E-state index is 0.0495. The molecule has 0 saturated carbocycles. The van der Waals surface area contributed by atoms with E-state index in [4.69, 9.17) is 14.2 Å². The molecule has 0 heterocycles. The first kappa shape index (κ1) is 25.8. The van der Waals surface area contributed by atoms with Gasteiger partial charge in [0.05, 0.1) is 32.0 Å². The van der Waals surface area contributed by atoms with Crippen LogP contribution in [0.5, 0.6) is 28.7 Å². The number of methoxy groups -OCH3 is 2. The number of rotatable bonds is 8. The zero-order valence-corrected chi connectivity index (χ0v) is 19.9. The summed E-state index contributed by atoms with van der Waals surface area (Å²) in [6, 6.07) is 11.3. The molecule has 3 aromatic carbocycles. The Morgan fingerprint density at radius 3 is 2.11 bits per heavy atom. The van der Waals surface area contributed by atoms with Crippen molar-refractivity contribution in [2.75, 3.05) is 20.8 Å². The number of benzene rings is 3. The molecule has 0 unspecified atom stereocenters. The third-order valence-corrected chi connectivity index (χ3v) is 5.32. The summed E-state index contributed by atoms with van der Waals surface area (Å²) in [4.78, 5) is 0. The Morgan fingerprint density at radius 2 is 1.54 bits per heavy atom. The first-order chi connectivity index (χ1) is 16.6. The van der Waals surface area contributed by atoms with E-state index in [1.807, 2.05) is 19.9 Å². The van der Waals surface area contributed by atoms with Gasteiger partial charge in [0, 0.05) is 5.56 Å². The number of allylic oxidation sites excluding steroid dienone is 1. The van der Waals surface area contributed by atoms with Crippen LogP contribution in [0.25, 0.3) is 22.3 Å². The SMILES string of the molecule is COc1cc(-c2ccc(O)cc2)c(OC)c(O)c1-c1ccc(OCCC=C(C)C)c(C(F)(F)F)c1. The van der Waals surface area contributed by atoms with E-state index in [-0.39, 0.29) is 46.5 Å². The monoisotopic (exact) mass is 488 g/mol. The fraction of sp³-hybridized carbons (Fsp3) is 0.259. The molecule has 35 heavy (non-hydrogen) atoms. The van der Waals surface area contributed by atoms with Crippen LogP contribution in [0, 0.1) is 0 Å². The lowest BCUT2D eigenvalue weighted by Crippen LogP contribution is -2.09. The molecule has 5 nitrogen and oxygen atoms in total.